The topological polar surface area (TPSA) is 78.3 Å². The number of benzene rings is 1. The van der Waals surface area contributed by atoms with Gasteiger partial charge in [0.2, 0.25) is 0 Å². The first-order valence-electron chi connectivity index (χ1n) is 4.07. The second-order valence-corrected chi connectivity index (χ2v) is 3.07. The van der Waals surface area contributed by atoms with Gasteiger partial charge in [0.15, 0.2) is 0 Å². The van der Waals surface area contributed by atoms with Gasteiger partial charge >= 0.3 is 5.97 Å². The average molecular weight is 215 g/mol. The van der Waals surface area contributed by atoms with E-state index in [2.05, 4.69) is 0 Å². The van der Waals surface area contributed by atoms with Crippen LogP contribution in [0.5, 0.6) is 0 Å². The molecule has 0 bridgehead atoms. The van der Waals surface area contributed by atoms with Crippen LogP contribution in [0.15, 0.2) is 18.2 Å². The van der Waals surface area contributed by atoms with Crippen molar-refractivity contribution < 1.29 is 9.53 Å². The van der Waals surface area contributed by atoms with E-state index in [0.717, 1.165) is 0 Å². The van der Waals surface area contributed by atoms with Gasteiger partial charge in [0, 0.05) is 12.2 Å². The van der Waals surface area contributed by atoms with Crippen LogP contribution < -0.4 is 11.5 Å². The van der Waals surface area contributed by atoms with Crippen LogP contribution in [-0.4, -0.2) is 19.1 Å². The second-order valence-electron chi connectivity index (χ2n) is 2.66. The summed E-state index contributed by atoms with van der Waals surface area (Å²) in [5, 5.41) is 0.284. The number of nitrogen functional groups attached to an aromatic ring is 1. The first-order valence-corrected chi connectivity index (χ1v) is 4.45. The number of hydrogen-bond acceptors (Lipinski definition) is 4. The molecule has 1 aromatic rings. The van der Waals surface area contributed by atoms with Crippen molar-refractivity contribution in [3.05, 3.63) is 28.8 Å². The quantitative estimate of drug-likeness (QED) is 0.582. The van der Waals surface area contributed by atoms with Gasteiger partial charge in [-0.3, -0.25) is 0 Å². The molecule has 0 spiro atoms. The molecule has 5 heteroatoms. The van der Waals surface area contributed by atoms with E-state index in [0.29, 0.717) is 17.8 Å². The lowest BCUT2D eigenvalue weighted by Crippen LogP contribution is -2.14. The Balaban J connectivity index is 2.80. The molecule has 0 aromatic heterocycles. The maximum Gasteiger partial charge on any atom is 0.339 e. The highest BCUT2D eigenvalue weighted by atomic mass is 35.5. The summed E-state index contributed by atoms with van der Waals surface area (Å²) in [5.74, 6) is -0.486. The third-order valence-electron chi connectivity index (χ3n) is 1.56. The molecule has 76 valence electrons. The smallest absolute Gasteiger partial charge is 0.339 e. The molecule has 0 aliphatic rings. The molecule has 0 saturated heterocycles. The Morgan fingerprint density at radius 1 is 1.50 bits per heavy atom. The number of esters is 1. The zero-order valence-electron chi connectivity index (χ0n) is 7.50. The largest absolute Gasteiger partial charge is 0.461 e. The number of halogens is 1. The SMILES string of the molecule is NCCOC(=O)c1ccc(N)cc1Cl. The van der Waals surface area contributed by atoms with Crippen molar-refractivity contribution in [2.24, 2.45) is 5.73 Å². The summed E-state index contributed by atoms with van der Waals surface area (Å²) in [6, 6.07) is 4.61. The van der Waals surface area contributed by atoms with Crippen LogP contribution in [0, 0.1) is 0 Å². The Morgan fingerprint density at radius 2 is 2.21 bits per heavy atom. The molecule has 4 nitrogen and oxygen atoms in total. The van der Waals surface area contributed by atoms with Crippen LogP contribution in [-0.2, 0) is 4.74 Å². The summed E-state index contributed by atoms with van der Waals surface area (Å²) >= 11 is 5.79. The van der Waals surface area contributed by atoms with Crippen LogP contribution in [0.3, 0.4) is 0 Å². The van der Waals surface area contributed by atoms with Crippen LogP contribution in [0.1, 0.15) is 10.4 Å². The summed E-state index contributed by atoms with van der Waals surface area (Å²) in [5.41, 5.74) is 11.5. The van der Waals surface area contributed by atoms with Gasteiger partial charge in [-0.25, -0.2) is 4.79 Å². The molecule has 4 N–H and O–H groups in total. The fourth-order valence-electron chi connectivity index (χ4n) is 0.926. The van der Waals surface area contributed by atoms with Crippen molar-refractivity contribution in [1.82, 2.24) is 0 Å². The van der Waals surface area contributed by atoms with Crippen molar-refractivity contribution in [2.75, 3.05) is 18.9 Å². The molecular formula is C9H11ClN2O2. The fourth-order valence-corrected chi connectivity index (χ4v) is 1.19. The van der Waals surface area contributed by atoms with E-state index in [4.69, 9.17) is 27.8 Å². The van der Waals surface area contributed by atoms with E-state index < -0.39 is 5.97 Å². The maximum atomic E-state index is 11.3. The van der Waals surface area contributed by atoms with Crippen molar-refractivity contribution in [1.29, 1.82) is 0 Å². The lowest BCUT2D eigenvalue weighted by atomic mass is 10.2. The molecule has 0 aliphatic carbocycles. The first-order chi connectivity index (χ1) is 6.65. The minimum atomic E-state index is -0.486. The maximum absolute atomic E-state index is 11.3. The minimum Gasteiger partial charge on any atom is -0.461 e. The van der Waals surface area contributed by atoms with Crippen molar-refractivity contribution in [3.8, 4) is 0 Å². The van der Waals surface area contributed by atoms with Gasteiger partial charge in [0.25, 0.3) is 0 Å². The lowest BCUT2D eigenvalue weighted by Gasteiger charge is -2.05. The molecule has 1 aromatic carbocycles. The zero-order chi connectivity index (χ0) is 10.6. The second kappa shape index (κ2) is 4.83. The normalized spacial score (nSPS) is 9.86. The monoisotopic (exact) mass is 214 g/mol. The summed E-state index contributed by atoms with van der Waals surface area (Å²) in [6.07, 6.45) is 0. The summed E-state index contributed by atoms with van der Waals surface area (Å²) in [7, 11) is 0. The zero-order valence-corrected chi connectivity index (χ0v) is 8.25. The third kappa shape index (κ3) is 2.61. The molecule has 0 radical (unpaired) electrons. The van der Waals surface area contributed by atoms with Gasteiger partial charge in [-0.05, 0) is 18.2 Å². The molecular weight excluding hydrogens is 204 g/mol. The van der Waals surface area contributed by atoms with Crippen LogP contribution >= 0.6 is 11.6 Å². The Bertz CT molecular complexity index is 342. The van der Waals surface area contributed by atoms with E-state index in [9.17, 15) is 4.79 Å². The van der Waals surface area contributed by atoms with Crippen molar-refractivity contribution in [2.45, 2.75) is 0 Å². The van der Waals surface area contributed by atoms with Gasteiger partial charge in [-0.15, -0.1) is 0 Å². The highest BCUT2D eigenvalue weighted by molar-refractivity contribution is 6.33. The molecule has 0 saturated carbocycles. The Morgan fingerprint density at radius 3 is 2.79 bits per heavy atom. The van der Waals surface area contributed by atoms with Crippen molar-refractivity contribution >= 4 is 23.3 Å². The van der Waals surface area contributed by atoms with Gasteiger partial charge in [-0.2, -0.15) is 0 Å². The van der Waals surface area contributed by atoms with E-state index in [1.54, 1.807) is 6.07 Å². The molecule has 0 aliphatic heterocycles. The molecule has 1 rings (SSSR count). The van der Waals surface area contributed by atoms with Gasteiger partial charge in [0.1, 0.15) is 6.61 Å². The van der Waals surface area contributed by atoms with Crippen LogP contribution in [0.25, 0.3) is 0 Å². The van der Waals surface area contributed by atoms with Gasteiger partial charge in [-0.1, -0.05) is 11.6 Å². The summed E-state index contributed by atoms with van der Waals surface area (Å²) in [6.45, 7) is 0.470. The van der Waals surface area contributed by atoms with E-state index in [1.165, 1.54) is 12.1 Å². The van der Waals surface area contributed by atoms with E-state index >= 15 is 0 Å². The minimum absolute atomic E-state index is 0.180. The van der Waals surface area contributed by atoms with Crippen LogP contribution in [0.2, 0.25) is 5.02 Å². The first kappa shape index (κ1) is 10.8. The molecule has 0 unspecified atom stereocenters. The van der Waals surface area contributed by atoms with Crippen LogP contribution in [0.4, 0.5) is 5.69 Å². The number of anilines is 1. The van der Waals surface area contributed by atoms with E-state index in [-0.39, 0.29) is 11.6 Å². The number of hydrogen-bond donors (Lipinski definition) is 2. The molecule has 0 fully saturated rings. The molecule has 14 heavy (non-hydrogen) atoms. The predicted molar refractivity (Wildman–Crippen MR) is 55.2 cm³/mol. The van der Waals surface area contributed by atoms with E-state index in [1.807, 2.05) is 0 Å². The average Bonchev–Trinajstić information content (AvgIpc) is 2.14. The predicted octanol–water partition coefficient (Wildman–Crippen LogP) is 1.04. The fraction of sp³-hybridized carbons (Fsp3) is 0.222. The lowest BCUT2D eigenvalue weighted by molar-refractivity contribution is 0.0517. The number of rotatable bonds is 3. The summed E-state index contributed by atoms with van der Waals surface area (Å²) < 4.78 is 4.81. The van der Waals surface area contributed by atoms with Crippen molar-refractivity contribution in [3.63, 3.8) is 0 Å². The summed E-state index contributed by atoms with van der Waals surface area (Å²) in [4.78, 5) is 11.3. The number of carbonyl (C=O) groups excluding carboxylic acids is 1. The van der Waals surface area contributed by atoms with Gasteiger partial charge in [0.05, 0.1) is 10.6 Å². The number of carbonyl (C=O) groups is 1. The molecule has 0 amide bonds. The molecule has 0 heterocycles. The number of ether oxygens (including phenoxy) is 1. The van der Waals surface area contributed by atoms with Gasteiger partial charge < -0.3 is 16.2 Å². The Kier molecular flexibility index (Phi) is 3.73. The number of nitrogens with two attached hydrogens (primary N) is 2. The Hall–Kier alpha value is -1.26. The molecule has 0 atom stereocenters. The third-order valence-corrected chi connectivity index (χ3v) is 1.88. The standard InChI is InChI=1S/C9H11ClN2O2/c10-8-5-6(12)1-2-7(8)9(13)14-4-3-11/h1-2,5H,3-4,11-12H2. The highest BCUT2D eigenvalue weighted by Gasteiger charge is 2.10. The Labute approximate surface area is 86.8 Å². The highest BCUT2D eigenvalue weighted by Crippen LogP contribution is 2.19.